The lowest BCUT2D eigenvalue weighted by atomic mass is 9.99. The van der Waals surface area contributed by atoms with Crippen molar-refractivity contribution in [1.82, 2.24) is 10.2 Å². The van der Waals surface area contributed by atoms with E-state index in [0.717, 1.165) is 43.8 Å². The maximum Gasteiger partial charge on any atom is 0.223 e. The predicted octanol–water partition coefficient (Wildman–Crippen LogP) is 3.12. The minimum Gasteiger partial charge on any atom is -0.508 e. The number of phenols is 1. The second-order valence-corrected chi connectivity index (χ2v) is 7.57. The van der Waals surface area contributed by atoms with Gasteiger partial charge < -0.3 is 15.3 Å². The van der Waals surface area contributed by atoms with Gasteiger partial charge in [-0.05, 0) is 81.3 Å². The first-order chi connectivity index (χ1) is 11.6. The number of likely N-dealkylation sites (tertiary alicyclic amines) is 1. The number of phenolic OH excluding ortho intramolecular Hbond substituents is 1. The summed E-state index contributed by atoms with van der Waals surface area (Å²) >= 11 is 0. The zero-order chi connectivity index (χ0) is 16.9. The number of unbranched alkanes of at least 4 members (excludes halogenated alkanes) is 1. The van der Waals surface area contributed by atoms with Gasteiger partial charge in [0.05, 0.1) is 0 Å². The number of nitrogens with one attached hydrogen (secondary N) is 1. The van der Waals surface area contributed by atoms with Gasteiger partial charge in [-0.25, -0.2) is 0 Å². The maximum absolute atomic E-state index is 12.2. The van der Waals surface area contributed by atoms with Gasteiger partial charge in [0.1, 0.15) is 5.75 Å². The lowest BCUT2D eigenvalue weighted by Crippen LogP contribution is -2.34. The highest BCUT2D eigenvalue weighted by Gasteiger charge is 2.43. The van der Waals surface area contributed by atoms with E-state index in [9.17, 15) is 9.90 Å². The van der Waals surface area contributed by atoms with Crippen LogP contribution in [0.4, 0.5) is 0 Å². The number of aromatic hydroxyl groups is 1. The molecule has 0 unspecified atom stereocenters. The average molecular weight is 330 g/mol. The molecule has 2 N–H and O–H groups in total. The van der Waals surface area contributed by atoms with Crippen molar-refractivity contribution in [1.29, 1.82) is 0 Å². The number of benzene rings is 1. The summed E-state index contributed by atoms with van der Waals surface area (Å²) in [4.78, 5) is 14.7. The molecule has 1 saturated carbocycles. The van der Waals surface area contributed by atoms with Crippen LogP contribution in [0.25, 0.3) is 0 Å². The lowest BCUT2D eigenvalue weighted by molar-refractivity contribution is -0.122. The van der Waals surface area contributed by atoms with Crippen LogP contribution in [0.3, 0.4) is 0 Å². The first-order valence-corrected chi connectivity index (χ1v) is 9.42. The fourth-order valence-corrected chi connectivity index (χ4v) is 3.70. The van der Waals surface area contributed by atoms with Gasteiger partial charge in [0.15, 0.2) is 0 Å². The molecule has 0 bridgehead atoms. The molecule has 1 saturated heterocycles. The molecule has 3 rings (SSSR count). The largest absolute Gasteiger partial charge is 0.508 e. The van der Waals surface area contributed by atoms with E-state index in [2.05, 4.69) is 17.1 Å². The van der Waals surface area contributed by atoms with Gasteiger partial charge in [-0.1, -0.05) is 19.1 Å². The third kappa shape index (κ3) is 4.73. The van der Waals surface area contributed by atoms with Gasteiger partial charge in [-0.2, -0.15) is 0 Å². The zero-order valence-electron chi connectivity index (χ0n) is 14.7. The summed E-state index contributed by atoms with van der Waals surface area (Å²) in [6.45, 7) is 6.77. The highest BCUT2D eigenvalue weighted by molar-refractivity contribution is 5.82. The third-order valence-electron chi connectivity index (χ3n) is 5.50. The van der Waals surface area contributed by atoms with Crippen molar-refractivity contribution in [3.8, 4) is 5.75 Å². The van der Waals surface area contributed by atoms with Crippen LogP contribution in [0.1, 0.15) is 50.5 Å². The van der Waals surface area contributed by atoms with Crippen molar-refractivity contribution < 1.29 is 9.90 Å². The number of rotatable bonds is 7. The van der Waals surface area contributed by atoms with E-state index < -0.39 is 0 Å². The van der Waals surface area contributed by atoms with Crippen LogP contribution in [-0.2, 0) is 4.79 Å². The Balaban J connectivity index is 1.28. The highest BCUT2D eigenvalue weighted by atomic mass is 16.3. The Kier molecular flexibility index (Phi) is 5.77. The Labute approximate surface area is 145 Å². The summed E-state index contributed by atoms with van der Waals surface area (Å²) in [6.07, 6.45) is 5.78. The minimum atomic E-state index is 0.0929. The molecule has 1 aromatic rings. The number of carbonyl (C=O) groups is 1. The van der Waals surface area contributed by atoms with Crippen LogP contribution in [0.5, 0.6) is 5.75 Å². The van der Waals surface area contributed by atoms with Crippen LogP contribution < -0.4 is 5.32 Å². The summed E-state index contributed by atoms with van der Waals surface area (Å²) in [5.74, 6) is 1.72. The predicted molar refractivity (Wildman–Crippen MR) is 96.0 cm³/mol. The average Bonchev–Trinajstić information content (AvgIpc) is 3.37. The quantitative estimate of drug-likeness (QED) is 0.755. The zero-order valence-corrected chi connectivity index (χ0v) is 14.7. The van der Waals surface area contributed by atoms with Crippen LogP contribution >= 0.6 is 0 Å². The topological polar surface area (TPSA) is 52.6 Å². The molecule has 2 fully saturated rings. The summed E-state index contributed by atoms with van der Waals surface area (Å²) in [5, 5.41) is 12.6. The summed E-state index contributed by atoms with van der Waals surface area (Å²) < 4.78 is 0. The Bertz CT molecular complexity index is 552. The van der Waals surface area contributed by atoms with E-state index in [1.807, 2.05) is 12.1 Å². The van der Waals surface area contributed by atoms with Gasteiger partial charge in [0.2, 0.25) is 5.91 Å². The molecule has 24 heavy (non-hydrogen) atoms. The first-order valence-electron chi connectivity index (χ1n) is 9.42. The number of piperidine rings is 1. The third-order valence-corrected chi connectivity index (χ3v) is 5.50. The molecular formula is C20H30N2O2. The van der Waals surface area contributed by atoms with Gasteiger partial charge in [0.25, 0.3) is 0 Å². The number of hydrogen-bond donors (Lipinski definition) is 2. The monoisotopic (exact) mass is 330 g/mol. The van der Waals surface area contributed by atoms with E-state index in [4.69, 9.17) is 0 Å². The SMILES string of the molecule is CC1CCN(CCCCNC(=O)[C@@H]2C[C@H]2c2cccc(O)c2)CC1. The molecule has 1 aliphatic heterocycles. The molecule has 4 heteroatoms. The Morgan fingerprint density at radius 1 is 1.29 bits per heavy atom. The Hall–Kier alpha value is -1.55. The summed E-state index contributed by atoms with van der Waals surface area (Å²) in [7, 11) is 0. The Morgan fingerprint density at radius 3 is 2.83 bits per heavy atom. The van der Waals surface area contributed by atoms with Crippen molar-refractivity contribution in [2.75, 3.05) is 26.2 Å². The van der Waals surface area contributed by atoms with E-state index in [-0.39, 0.29) is 23.5 Å². The smallest absolute Gasteiger partial charge is 0.223 e. The molecule has 2 aliphatic rings. The molecule has 1 aliphatic carbocycles. The van der Waals surface area contributed by atoms with Gasteiger partial charge >= 0.3 is 0 Å². The Morgan fingerprint density at radius 2 is 2.08 bits per heavy atom. The van der Waals surface area contributed by atoms with Crippen LogP contribution in [-0.4, -0.2) is 42.1 Å². The number of hydrogen-bond acceptors (Lipinski definition) is 3. The molecule has 1 amide bonds. The van der Waals surface area contributed by atoms with Crippen molar-refractivity contribution in [2.45, 2.75) is 44.9 Å². The molecule has 0 radical (unpaired) electrons. The first kappa shape index (κ1) is 17.3. The van der Waals surface area contributed by atoms with E-state index >= 15 is 0 Å². The summed E-state index contributed by atoms with van der Waals surface area (Å²) in [5.41, 5.74) is 1.08. The van der Waals surface area contributed by atoms with Crippen LogP contribution in [0.15, 0.2) is 24.3 Å². The highest BCUT2D eigenvalue weighted by Crippen LogP contribution is 2.48. The molecular weight excluding hydrogens is 300 g/mol. The van der Waals surface area contributed by atoms with E-state index in [0.29, 0.717) is 0 Å². The minimum absolute atomic E-state index is 0.0929. The number of carbonyl (C=O) groups excluding carboxylic acids is 1. The van der Waals surface area contributed by atoms with Gasteiger partial charge in [-0.3, -0.25) is 4.79 Å². The van der Waals surface area contributed by atoms with Crippen molar-refractivity contribution in [2.24, 2.45) is 11.8 Å². The van der Waals surface area contributed by atoms with E-state index in [1.165, 1.54) is 25.9 Å². The van der Waals surface area contributed by atoms with Crippen LogP contribution in [0, 0.1) is 11.8 Å². The fraction of sp³-hybridized carbons (Fsp3) is 0.650. The van der Waals surface area contributed by atoms with Gasteiger partial charge in [0, 0.05) is 12.5 Å². The normalized spacial score (nSPS) is 24.7. The standard InChI is InChI=1S/C20H30N2O2/c1-15-7-11-22(12-8-15)10-3-2-9-21-20(24)19-14-18(19)16-5-4-6-17(23)13-16/h4-6,13,15,18-19,23H,2-3,7-12,14H2,1H3,(H,21,24)/t18-,19+/m0/s1. The van der Waals surface area contributed by atoms with Crippen molar-refractivity contribution >= 4 is 5.91 Å². The molecule has 1 aromatic carbocycles. The molecule has 0 spiro atoms. The van der Waals surface area contributed by atoms with Gasteiger partial charge in [-0.15, -0.1) is 0 Å². The van der Waals surface area contributed by atoms with Crippen LogP contribution in [0.2, 0.25) is 0 Å². The maximum atomic E-state index is 12.2. The second-order valence-electron chi connectivity index (χ2n) is 7.57. The van der Waals surface area contributed by atoms with Crippen molar-refractivity contribution in [3.05, 3.63) is 29.8 Å². The molecule has 132 valence electrons. The lowest BCUT2D eigenvalue weighted by Gasteiger charge is -2.30. The second kappa shape index (κ2) is 8.02. The number of amides is 1. The fourth-order valence-electron chi connectivity index (χ4n) is 3.70. The van der Waals surface area contributed by atoms with Crippen molar-refractivity contribution in [3.63, 3.8) is 0 Å². The number of nitrogens with zero attached hydrogens (tertiary/aromatic N) is 1. The molecule has 2 atom stereocenters. The molecule has 1 heterocycles. The molecule has 4 nitrogen and oxygen atoms in total. The summed E-state index contributed by atoms with van der Waals surface area (Å²) in [6, 6.07) is 7.29. The van der Waals surface area contributed by atoms with E-state index in [1.54, 1.807) is 12.1 Å². The molecule has 0 aromatic heterocycles.